The number of rotatable bonds is 9. The molecule has 0 aliphatic rings. The standard InChI is InChI=1S/C12H28N4O/c1-5-13-12(14-6-2)15-8-7-9-16(3)10-11-17-4/h5-11H2,1-4H3,(H2,13,14,15). The summed E-state index contributed by atoms with van der Waals surface area (Å²) in [5.41, 5.74) is 0. The molecule has 0 aromatic carbocycles. The second-order valence-corrected chi connectivity index (χ2v) is 3.94. The van der Waals surface area contributed by atoms with Gasteiger partial charge in [0.1, 0.15) is 0 Å². The van der Waals surface area contributed by atoms with Gasteiger partial charge in [0.15, 0.2) is 5.96 Å². The minimum atomic E-state index is 0.791. The zero-order chi connectivity index (χ0) is 12.9. The summed E-state index contributed by atoms with van der Waals surface area (Å²) in [7, 11) is 3.84. The minimum Gasteiger partial charge on any atom is -0.383 e. The first kappa shape index (κ1) is 16.2. The van der Waals surface area contributed by atoms with Gasteiger partial charge in [-0.3, -0.25) is 4.99 Å². The van der Waals surface area contributed by atoms with Crippen molar-refractivity contribution in [2.75, 3.05) is 53.5 Å². The molecule has 0 unspecified atom stereocenters. The Morgan fingerprint density at radius 1 is 1.18 bits per heavy atom. The van der Waals surface area contributed by atoms with E-state index in [1.807, 2.05) is 0 Å². The molecule has 2 N–H and O–H groups in total. The molecular formula is C12H28N4O. The largest absolute Gasteiger partial charge is 0.383 e. The summed E-state index contributed by atoms with van der Waals surface area (Å²) in [6.45, 7) is 9.63. The van der Waals surface area contributed by atoms with Crippen molar-refractivity contribution >= 4 is 5.96 Å². The fourth-order valence-corrected chi connectivity index (χ4v) is 1.40. The fourth-order valence-electron chi connectivity index (χ4n) is 1.40. The minimum absolute atomic E-state index is 0.791. The normalized spacial score (nSPS) is 10.4. The number of ether oxygens (including phenoxy) is 1. The first-order valence-corrected chi connectivity index (χ1v) is 6.44. The Hall–Kier alpha value is -0.810. The van der Waals surface area contributed by atoms with E-state index in [1.54, 1.807) is 7.11 Å². The van der Waals surface area contributed by atoms with Crippen molar-refractivity contribution in [2.24, 2.45) is 4.99 Å². The van der Waals surface area contributed by atoms with Crippen LogP contribution in [-0.4, -0.2) is 64.3 Å². The second-order valence-electron chi connectivity index (χ2n) is 3.94. The van der Waals surface area contributed by atoms with Gasteiger partial charge in [0.05, 0.1) is 6.61 Å². The number of guanidine groups is 1. The lowest BCUT2D eigenvalue weighted by Crippen LogP contribution is -2.37. The van der Waals surface area contributed by atoms with Gasteiger partial charge in [-0.15, -0.1) is 0 Å². The van der Waals surface area contributed by atoms with Crippen molar-refractivity contribution in [1.29, 1.82) is 0 Å². The number of nitrogens with zero attached hydrogens (tertiary/aromatic N) is 2. The quantitative estimate of drug-likeness (QED) is 0.353. The van der Waals surface area contributed by atoms with Crippen LogP contribution in [-0.2, 0) is 4.74 Å². The predicted molar refractivity (Wildman–Crippen MR) is 73.6 cm³/mol. The van der Waals surface area contributed by atoms with Crippen LogP contribution in [0.5, 0.6) is 0 Å². The van der Waals surface area contributed by atoms with E-state index in [2.05, 4.69) is 41.4 Å². The molecular weight excluding hydrogens is 216 g/mol. The van der Waals surface area contributed by atoms with E-state index in [0.717, 1.165) is 51.7 Å². The number of aliphatic imine (C=N–C) groups is 1. The molecule has 102 valence electrons. The topological polar surface area (TPSA) is 48.9 Å². The Labute approximate surface area is 106 Å². The summed E-state index contributed by atoms with van der Waals surface area (Å²) in [6.07, 6.45) is 1.07. The van der Waals surface area contributed by atoms with Gasteiger partial charge >= 0.3 is 0 Å². The molecule has 5 heteroatoms. The molecule has 5 nitrogen and oxygen atoms in total. The van der Waals surface area contributed by atoms with Crippen molar-refractivity contribution in [3.63, 3.8) is 0 Å². The van der Waals surface area contributed by atoms with Gasteiger partial charge in [-0.25, -0.2) is 0 Å². The van der Waals surface area contributed by atoms with Crippen LogP contribution in [0.15, 0.2) is 4.99 Å². The number of hydrogen-bond acceptors (Lipinski definition) is 3. The maximum atomic E-state index is 5.03. The van der Waals surface area contributed by atoms with Crippen LogP contribution in [0.1, 0.15) is 20.3 Å². The van der Waals surface area contributed by atoms with E-state index in [9.17, 15) is 0 Å². The van der Waals surface area contributed by atoms with Gasteiger partial charge in [-0.1, -0.05) is 0 Å². The van der Waals surface area contributed by atoms with Crippen LogP contribution in [0.2, 0.25) is 0 Å². The van der Waals surface area contributed by atoms with Crippen LogP contribution in [0.3, 0.4) is 0 Å². The van der Waals surface area contributed by atoms with E-state index >= 15 is 0 Å². The van der Waals surface area contributed by atoms with Crippen molar-refractivity contribution in [1.82, 2.24) is 15.5 Å². The number of likely N-dealkylation sites (N-methyl/N-ethyl adjacent to an activating group) is 1. The second kappa shape index (κ2) is 11.7. The van der Waals surface area contributed by atoms with Crippen LogP contribution < -0.4 is 10.6 Å². The van der Waals surface area contributed by atoms with Gasteiger partial charge < -0.3 is 20.3 Å². The average Bonchev–Trinajstić information content (AvgIpc) is 2.32. The van der Waals surface area contributed by atoms with Gasteiger partial charge in [0, 0.05) is 33.3 Å². The highest BCUT2D eigenvalue weighted by molar-refractivity contribution is 5.79. The highest BCUT2D eigenvalue weighted by Gasteiger charge is 1.97. The lowest BCUT2D eigenvalue weighted by molar-refractivity contribution is 0.161. The molecule has 0 spiro atoms. The van der Waals surface area contributed by atoms with Gasteiger partial charge in [0.2, 0.25) is 0 Å². The molecule has 0 aliphatic heterocycles. The first-order valence-electron chi connectivity index (χ1n) is 6.44. The Bertz CT molecular complexity index is 189. The predicted octanol–water partition coefficient (Wildman–Crippen LogP) is 0.530. The summed E-state index contributed by atoms with van der Waals surface area (Å²) < 4.78 is 5.03. The Kier molecular flexibility index (Phi) is 11.1. The molecule has 0 bridgehead atoms. The van der Waals surface area contributed by atoms with Crippen LogP contribution >= 0.6 is 0 Å². The van der Waals surface area contributed by atoms with E-state index in [-0.39, 0.29) is 0 Å². The Morgan fingerprint density at radius 3 is 2.35 bits per heavy atom. The van der Waals surface area contributed by atoms with Crippen LogP contribution in [0.25, 0.3) is 0 Å². The van der Waals surface area contributed by atoms with Gasteiger partial charge in [-0.2, -0.15) is 0 Å². The number of hydrogen-bond donors (Lipinski definition) is 2. The van der Waals surface area contributed by atoms with E-state index in [0.29, 0.717) is 0 Å². The van der Waals surface area contributed by atoms with Crippen molar-refractivity contribution in [2.45, 2.75) is 20.3 Å². The molecule has 0 rings (SSSR count). The van der Waals surface area contributed by atoms with E-state index in [4.69, 9.17) is 4.74 Å². The van der Waals surface area contributed by atoms with Crippen LogP contribution in [0.4, 0.5) is 0 Å². The fraction of sp³-hybridized carbons (Fsp3) is 0.917. The molecule has 0 amide bonds. The Balaban J connectivity index is 3.66. The lowest BCUT2D eigenvalue weighted by Gasteiger charge is -2.15. The Morgan fingerprint density at radius 2 is 1.82 bits per heavy atom. The summed E-state index contributed by atoms with van der Waals surface area (Å²) in [6, 6.07) is 0. The molecule has 0 aromatic heterocycles. The molecule has 0 saturated heterocycles. The first-order chi connectivity index (χ1) is 8.24. The molecule has 0 aromatic rings. The zero-order valence-corrected chi connectivity index (χ0v) is 11.8. The molecule has 0 radical (unpaired) electrons. The third kappa shape index (κ3) is 10.1. The average molecular weight is 244 g/mol. The lowest BCUT2D eigenvalue weighted by atomic mass is 10.4. The SMILES string of the molecule is CCNC(=NCCCN(C)CCOC)NCC. The molecule has 0 atom stereocenters. The smallest absolute Gasteiger partial charge is 0.191 e. The maximum Gasteiger partial charge on any atom is 0.191 e. The van der Waals surface area contributed by atoms with E-state index in [1.165, 1.54) is 0 Å². The summed E-state index contributed by atoms with van der Waals surface area (Å²) in [4.78, 5) is 6.76. The third-order valence-corrected chi connectivity index (χ3v) is 2.33. The van der Waals surface area contributed by atoms with Gasteiger partial charge in [0.25, 0.3) is 0 Å². The summed E-state index contributed by atoms with van der Waals surface area (Å²) in [5, 5.41) is 6.42. The van der Waals surface area contributed by atoms with Crippen molar-refractivity contribution in [3.05, 3.63) is 0 Å². The van der Waals surface area contributed by atoms with E-state index < -0.39 is 0 Å². The maximum absolute atomic E-state index is 5.03. The number of methoxy groups -OCH3 is 1. The molecule has 0 aliphatic carbocycles. The third-order valence-electron chi connectivity index (χ3n) is 2.33. The molecule has 0 saturated carbocycles. The summed E-state index contributed by atoms with van der Waals surface area (Å²) in [5.74, 6) is 0.912. The summed E-state index contributed by atoms with van der Waals surface area (Å²) >= 11 is 0. The van der Waals surface area contributed by atoms with Crippen molar-refractivity contribution in [3.8, 4) is 0 Å². The highest BCUT2D eigenvalue weighted by Crippen LogP contribution is 1.88. The monoisotopic (exact) mass is 244 g/mol. The highest BCUT2D eigenvalue weighted by atomic mass is 16.5. The zero-order valence-electron chi connectivity index (χ0n) is 11.8. The molecule has 0 heterocycles. The molecule has 17 heavy (non-hydrogen) atoms. The molecule has 0 fully saturated rings. The number of nitrogens with one attached hydrogen (secondary N) is 2. The van der Waals surface area contributed by atoms with Crippen LogP contribution in [0, 0.1) is 0 Å². The van der Waals surface area contributed by atoms with Crippen molar-refractivity contribution < 1.29 is 4.74 Å². The van der Waals surface area contributed by atoms with Gasteiger partial charge in [-0.05, 0) is 33.9 Å².